The lowest BCUT2D eigenvalue weighted by atomic mass is 9.95. The van der Waals surface area contributed by atoms with Crippen LogP contribution in [0.4, 0.5) is 0 Å². The van der Waals surface area contributed by atoms with Crippen LogP contribution < -0.4 is 4.74 Å². The topological polar surface area (TPSA) is 46.5 Å². The molecule has 0 spiro atoms. The largest absolute Gasteiger partial charge is 0.494 e. The average molecular weight is 270 g/mol. The first kappa shape index (κ1) is 14.1. The summed E-state index contributed by atoms with van der Waals surface area (Å²) in [6, 6.07) is 18.9. The Hall–Kier alpha value is -2.29. The van der Waals surface area contributed by atoms with Crippen LogP contribution >= 0.6 is 0 Å². The van der Waals surface area contributed by atoms with Gasteiger partial charge in [-0.2, -0.15) is 0 Å². The zero-order valence-corrected chi connectivity index (χ0v) is 11.2. The molecule has 0 aliphatic heterocycles. The van der Waals surface area contributed by atoms with E-state index in [2.05, 4.69) is 0 Å². The number of rotatable bonds is 7. The molecule has 1 N–H and O–H groups in total. The third kappa shape index (κ3) is 4.12. The number of hydrogen-bond donors (Lipinski definition) is 1. The lowest BCUT2D eigenvalue weighted by Gasteiger charge is -2.13. The van der Waals surface area contributed by atoms with Crippen LogP contribution in [-0.2, 0) is 4.79 Å². The number of carboxylic acid groups (broad SMARTS) is 1. The van der Waals surface area contributed by atoms with Crippen LogP contribution in [-0.4, -0.2) is 17.7 Å². The molecule has 2 aromatic rings. The first-order chi connectivity index (χ1) is 9.77. The molecule has 3 nitrogen and oxygen atoms in total. The van der Waals surface area contributed by atoms with Crippen molar-refractivity contribution in [3.8, 4) is 5.75 Å². The van der Waals surface area contributed by atoms with Crippen molar-refractivity contribution in [2.24, 2.45) is 0 Å². The van der Waals surface area contributed by atoms with Crippen LogP contribution in [0.1, 0.15) is 24.3 Å². The molecule has 0 aromatic heterocycles. The first-order valence-corrected chi connectivity index (χ1v) is 6.73. The number of para-hydroxylation sites is 1. The van der Waals surface area contributed by atoms with E-state index < -0.39 is 11.9 Å². The summed E-state index contributed by atoms with van der Waals surface area (Å²) in [5, 5.41) is 9.30. The number of carboxylic acids is 1. The van der Waals surface area contributed by atoms with Crippen molar-refractivity contribution in [3.63, 3.8) is 0 Å². The molecule has 0 saturated heterocycles. The van der Waals surface area contributed by atoms with Crippen LogP contribution in [0, 0.1) is 0 Å². The van der Waals surface area contributed by atoms with Crippen molar-refractivity contribution < 1.29 is 14.6 Å². The Labute approximate surface area is 118 Å². The first-order valence-electron chi connectivity index (χ1n) is 6.73. The highest BCUT2D eigenvalue weighted by molar-refractivity contribution is 5.75. The number of carbonyl (C=O) groups is 1. The minimum absolute atomic E-state index is 0.462. The SMILES string of the molecule is O=C(O)C(CCCOc1ccccc1)c1ccccc1. The second kappa shape index (κ2) is 7.34. The van der Waals surface area contributed by atoms with Crippen LogP contribution in [0.5, 0.6) is 5.75 Å². The van der Waals surface area contributed by atoms with Gasteiger partial charge in [0.25, 0.3) is 0 Å². The Morgan fingerprint density at radius 1 is 1.00 bits per heavy atom. The van der Waals surface area contributed by atoms with Gasteiger partial charge in [0.2, 0.25) is 0 Å². The molecule has 0 heterocycles. The lowest BCUT2D eigenvalue weighted by Crippen LogP contribution is -2.13. The van der Waals surface area contributed by atoms with Crippen LogP contribution in [0.25, 0.3) is 0 Å². The molecule has 3 heteroatoms. The summed E-state index contributed by atoms with van der Waals surface area (Å²) < 4.78 is 5.58. The van der Waals surface area contributed by atoms with E-state index in [1.165, 1.54) is 0 Å². The van der Waals surface area contributed by atoms with E-state index in [0.717, 1.165) is 11.3 Å². The maximum Gasteiger partial charge on any atom is 0.310 e. The van der Waals surface area contributed by atoms with E-state index in [-0.39, 0.29) is 0 Å². The van der Waals surface area contributed by atoms with Crippen molar-refractivity contribution >= 4 is 5.97 Å². The zero-order valence-electron chi connectivity index (χ0n) is 11.2. The lowest BCUT2D eigenvalue weighted by molar-refractivity contribution is -0.139. The van der Waals surface area contributed by atoms with Crippen LogP contribution in [0.2, 0.25) is 0 Å². The molecule has 1 unspecified atom stereocenters. The predicted octanol–water partition coefficient (Wildman–Crippen LogP) is 3.71. The summed E-state index contributed by atoms with van der Waals surface area (Å²) in [5.41, 5.74) is 0.847. The smallest absolute Gasteiger partial charge is 0.310 e. The van der Waals surface area contributed by atoms with Crippen molar-refractivity contribution in [1.29, 1.82) is 0 Å². The van der Waals surface area contributed by atoms with Crippen LogP contribution in [0.3, 0.4) is 0 Å². The molecule has 20 heavy (non-hydrogen) atoms. The van der Waals surface area contributed by atoms with Gasteiger partial charge in [-0.3, -0.25) is 4.79 Å². The fraction of sp³-hybridized carbons (Fsp3) is 0.235. The highest BCUT2D eigenvalue weighted by Gasteiger charge is 2.18. The van der Waals surface area contributed by atoms with E-state index in [1.807, 2.05) is 60.7 Å². The third-order valence-corrected chi connectivity index (χ3v) is 3.15. The van der Waals surface area contributed by atoms with Crippen molar-refractivity contribution in [1.82, 2.24) is 0 Å². The molecular weight excluding hydrogens is 252 g/mol. The van der Waals surface area contributed by atoms with Crippen molar-refractivity contribution in [2.45, 2.75) is 18.8 Å². The van der Waals surface area contributed by atoms with E-state index in [0.29, 0.717) is 19.4 Å². The molecule has 0 radical (unpaired) electrons. The Kier molecular flexibility index (Phi) is 5.18. The second-order valence-corrected chi connectivity index (χ2v) is 4.61. The maximum atomic E-state index is 11.3. The second-order valence-electron chi connectivity index (χ2n) is 4.61. The van der Waals surface area contributed by atoms with Gasteiger partial charge in [0.1, 0.15) is 5.75 Å². The quantitative estimate of drug-likeness (QED) is 0.780. The summed E-state index contributed by atoms with van der Waals surface area (Å²) in [4.78, 5) is 11.3. The van der Waals surface area contributed by atoms with E-state index in [1.54, 1.807) is 0 Å². The Bertz CT molecular complexity index is 522. The monoisotopic (exact) mass is 270 g/mol. The van der Waals surface area contributed by atoms with Gasteiger partial charge in [-0.05, 0) is 30.5 Å². The fourth-order valence-electron chi connectivity index (χ4n) is 2.11. The molecule has 104 valence electrons. The molecular formula is C17H18O3. The summed E-state index contributed by atoms with van der Waals surface area (Å²) >= 11 is 0. The maximum absolute atomic E-state index is 11.3. The zero-order chi connectivity index (χ0) is 14.2. The summed E-state index contributed by atoms with van der Waals surface area (Å²) in [5.74, 6) is -0.425. The van der Waals surface area contributed by atoms with Gasteiger partial charge in [-0.15, -0.1) is 0 Å². The molecule has 0 saturated carbocycles. The van der Waals surface area contributed by atoms with Gasteiger partial charge in [-0.25, -0.2) is 0 Å². The molecule has 1 atom stereocenters. The Morgan fingerprint density at radius 2 is 1.60 bits per heavy atom. The predicted molar refractivity (Wildman–Crippen MR) is 78.0 cm³/mol. The van der Waals surface area contributed by atoms with Gasteiger partial charge in [0.15, 0.2) is 0 Å². The van der Waals surface area contributed by atoms with Gasteiger partial charge < -0.3 is 9.84 Å². The summed E-state index contributed by atoms with van der Waals surface area (Å²) in [6.45, 7) is 0.528. The Balaban J connectivity index is 1.83. The molecule has 2 rings (SSSR count). The molecule has 0 bridgehead atoms. The van der Waals surface area contributed by atoms with Crippen molar-refractivity contribution in [2.75, 3.05) is 6.61 Å². The average Bonchev–Trinajstić information content (AvgIpc) is 2.49. The Morgan fingerprint density at radius 3 is 2.20 bits per heavy atom. The minimum atomic E-state index is -0.782. The van der Waals surface area contributed by atoms with Gasteiger partial charge >= 0.3 is 5.97 Å². The van der Waals surface area contributed by atoms with Crippen molar-refractivity contribution in [3.05, 3.63) is 66.2 Å². The molecule has 0 aliphatic carbocycles. The standard InChI is InChI=1S/C17H18O3/c18-17(19)16(14-8-3-1-4-9-14)12-7-13-20-15-10-5-2-6-11-15/h1-6,8-11,16H,7,12-13H2,(H,18,19). The summed E-state index contributed by atoms with van der Waals surface area (Å²) in [7, 11) is 0. The van der Waals surface area contributed by atoms with Gasteiger partial charge in [0.05, 0.1) is 12.5 Å². The number of benzene rings is 2. The summed E-state index contributed by atoms with van der Waals surface area (Å²) in [6.07, 6.45) is 1.28. The highest BCUT2D eigenvalue weighted by Crippen LogP contribution is 2.21. The molecule has 0 fully saturated rings. The van der Waals surface area contributed by atoms with E-state index in [4.69, 9.17) is 4.74 Å². The van der Waals surface area contributed by atoms with Gasteiger partial charge in [0, 0.05) is 0 Å². The highest BCUT2D eigenvalue weighted by atomic mass is 16.5. The third-order valence-electron chi connectivity index (χ3n) is 3.15. The van der Waals surface area contributed by atoms with E-state index >= 15 is 0 Å². The number of aliphatic carboxylic acids is 1. The molecule has 2 aromatic carbocycles. The molecule has 0 amide bonds. The number of hydrogen-bond acceptors (Lipinski definition) is 2. The minimum Gasteiger partial charge on any atom is -0.494 e. The van der Waals surface area contributed by atoms with E-state index in [9.17, 15) is 9.90 Å². The fourth-order valence-corrected chi connectivity index (χ4v) is 2.11. The number of ether oxygens (including phenoxy) is 1. The van der Waals surface area contributed by atoms with Gasteiger partial charge in [-0.1, -0.05) is 48.5 Å². The normalized spacial score (nSPS) is 11.8. The molecule has 0 aliphatic rings. The van der Waals surface area contributed by atoms with Crippen LogP contribution in [0.15, 0.2) is 60.7 Å².